The number of benzene rings is 2. The lowest BCUT2D eigenvalue weighted by atomic mass is 10.0. The monoisotopic (exact) mass is 479 g/mol. The summed E-state index contributed by atoms with van der Waals surface area (Å²) in [7, 11) is 0. The summed E-state index contributed by atoms with van der Waals surface area (Å²) < 4.78 is 0. The first-order valence-electron chi connectivity index (χ1n) is 14.7. The molecule has 0 saturated carbocycles. The van der Waals surface area contributed by atoms with Crippen molar-refractivity contribution < 1.29 is 5.11 Å². The minimum Gasteiger partial charge on any atom is -0.392 e. The van der Waals surface area contributed by atoms with Gasteiger partial charge in [-0.1, -0.05) is 157 Å². The van der Waals surface area contributed by atoms with E-state index in [-0.39, 0.29) is 12.1 Å². The van der Waals surface area contributed by atoms with Gasteiger partial charge < -0.3 is 5.11 Å². The lowest BCUT2D eigenvalue weighted by molar-refractivity contribution is 0.0421. The summed E-state index contributed by atoms with van der Waals surface area (Å²) in [6.45, 7) is 6.22. The fraction of sp³-hybridized carbons (Fsp3) is 0.636. The van der Waals surface area contributed by atoms with E-state index < -0.39 is 0 Å². The molecule has 0 aliphatic heterocycles. The Labute approximate surface area is 217 Å². The van der Waals surface area contributed by atoms with Crippen LogP contribution < -0.4 is 0 Å². The summed E-state index contributed by atoms with van der Waals surface area (Å²) in [4.78, 5) is 2.43. The minimum absolute atomic E-state index is 0.136. The maximum absolute atomic E-state index is 11.0. The van der Waals surface area contributed by atoms with Crippen LogP contribution in [-0.4, -0.2) is 22.2 Å². The molecule has 2 rings (SSSR count). The van der Waals surface area contributed by atoms with Crippen molar-refractivity contribution in [2.24, 2.45) is 0 Å². The fourth-order valence-electron chi connectivity index (χ4n) is 5.01. The molecule has 0 spiro atoms. The highest BCUT2D eigenvalue weighted by molar-refractivity contribution is 5.17. The number of hydrogen-bond donors (Lipinski definition) is 1. The minimum atomic E-state index is -0.278. The Bertz CT molecular complexity index is 675. The van der Waals surface area contributed by atoms with E-state index in [1.54, 1.807) is 0 Å². The van der Waals surface area contributed by atoms with Crippen molar-refractivity contribution in [1.29, 1.82) is 0 Å². The van der Waals surface area contributed by atoms with E-state index in [1.807, 2.05) is 0 Å². The van der Waals surface area contributed by atoms with Gasteiger partial charge in [0.05, 0.1) is 6.10 Å². The zero-order valence-electron chi connectivity index (χ0n) is 22.8. The SMILES string of the molecule is CCCCCCCCCCCCCCCC[C@@H](O)[C@H](C)N(Cc1ccccc1)Cc1ccccc1. The number of nitrogens with zero attached hydrogens (tertiary/aromatic N) is 1. The molecule has 0 fully saturated rings. The van der Waals surface area contributed by atoms with Crippen LogP contribution in [0.5, 0.6) is 0 Å². The molecule has 0 heterocycles. The maximum Gasteiger partial charge on any atom is 0.0693 e. The number of aliphatic hydroxyl groups is 1. The summed E-state index contributed by atoms with van der Waals surface area (Å²) in [5.41, 5.74) is 2.61. The quantitative estimate of drug-likeness (QED) is 0.180. The van der Waals surface area contributed by atoms with Gasteiger partial charge in [0.15, 0.2) is 0 Å². The number of aliphatic hydroxyl groups excluding tert-OH is 1. The van der Waals surface area contributed by atoms with Crippen LogP contribution >= 0.6 is 0 Å². The van der Waals surface area contributed by atoms with Crippen molar-refractivity contribution in [3.8, 4) is 0 Å². The standard InChI is InChI=1S/C33H53NO/c1-3-4-5-6-7-8-9-10-11-12-13-14-15-22-27-33(35)30(2)34(28-31-23-18-16-19-24-31)29-32-25-20-17-21-26-32/h16-21,23-26,30,33,35H,3-15,22,27-29H2,1-2H3/t30-,33+/m0/s1. The van der Waals surface area contributed by atoms with E-state index in [2.05, 4.69) is 79.4 Å². The largest absolute Gasteiger partial charge is 0.392 e. The van der Waals surface area contributed by atoms with Crippen LogP contribution in [0, 0.1) is 0 Å². The lowest BCUT2D eigenvalue weighted by Gasteiger charge is -2.32. The molecule has 2 aromatic rings. The van der Waals surface area contributed by atoms with Crippen molar-refractivity contribution in [2.75, 3.05) is 0 Å². The highest BCUT2D eigenvalue weighted by Gasteiger charge is 2.22. The van der Waals surface area contributed by atoms with Crippen LogP contribution in [0.25, 0.3) is 0 Å². The molecule has 1 N–H and O–H groups in total. The zero-order valence-corrected chi connectivity index (χ0v) is 22.8. The first kappa shape index (κ1) is 29.6. The summed E-state index contributed by atoms with van der Waals surface area (Å²) in [5.74, 6) is 0. The molecule has 0 aliphatic carbocycles. The summed E-state index contributed by atoms with van der Waals surface area (Å²) in [5, 5.41) is 11.0. The van der Waals surface area contributed by atoms with Crippen LogP contribution in [0.3, 0.4) is 0 Å². The second-order valence-corrected chi connectivity index (χ2v) is 10.6. The van der Waals surface area contributed by atoms with Crippen LogP contribution in [0.4, 0.5) is 0 Å². The maximum atomic E-state index is 11.0. The molecular weight excluding hydrogens is 426 g/mol. The van der Waals surface area contributed by atoms with Gasteiger partial charge in [0.1, 0.15) is 0 Å². The topological polar surface area (TPSA) is 23.5 Å². The number of unbranched alkanes of at least 4 members (excludes halogenated alkanes) is 13. The first-order chi connectivity index (χ1) is 17.2. The molecular formula is C33H53NO. The molecule has 0 bridgehead atoms. The molecule has 2 atom stereocenters. The molecule has 196 valence electrons. The van der Waals surface area contributed by atoms with Crippen molar-refractivity contribution in [3.05, 3.63) is 71.8 Å². The molecule has 2 nitrogen and oxygen atoms in total. The third kappa shape index (κ3) is 13.9. The first-order valence-corrected chi connectivity index (χ1v) is 14.7. The Morgan fingerprint density at radius 2 is 0.943 bits per heavy atom. The highest BCUT2D eigenvalue weighted by Crippen LogP contribution is 2.19. The van der Waals surface area contributed by atoms with Gasteiger partial charge in [0.2, 0.25) is 0 Å². The molecule has 0 saturated heterocycles. The number of rotatable bonds is 21. The Morgan fingerprint density at radius 1 is 0.571 bits per heavy atom. The zero-order chi connectivity index (χ0) is 25.0. The van der Waals surface area contributed by atoms with E-state index in [0.717, 1.165) is 25.9 Å². The normalized spacial score (nSPS) is 13.3. The molecule has 0 radical (unpaired) electrons. The highest BCUT2D eigenvalue weighted by atomic mass is 16.3. The van der Waals surface area contributed by atoms with Crippen molar-refractivity contribution >= 4 is 0 Å². The van der Waals surface area contributed by atoms with Crippen LogP contribution in [0.2, 0.25) is 0 Å². The molecule has 2 heteroatoms. The van der Waals surface area contributed by atoms with Crippen molar-refractivity contribution in [3.63, 3.8) is 0 Å². The van der Waals surface area contributed by atoms with Gasteiger partial charge in [0.25, 0.3) is 0 Å². The summed E-state index contributed by atoms with van der Waals surface area (Å²) in [6, 6.07) is 21.4. The third-order valence-corrected chi connectivity index (χ3v) is 7.44. The Balaban J connectivity index is 1.60. The van der Waals surface area contributed by atoms with Gasteiger partial charge in [-0.05, 0) is 24.5 Å². The van der Waals surface area contributed by atoms with Crippen molar-refractivity contribution in [1.82, 2.24) is 4.90 Å². The average molecular weight is 480 g/mol. The van der Waals surface area contributed by atoms with E-state index in [4.69, 9.17) is 0 Å². The van der Waals surface area contributed by atoms with E-state index in [9.17, 15) is 5.11 Å². The molecule has 2 aromatic carbocycles. The lowest BCUT2D eigenvalue weighted by Crippen LogP contribution is -2.40. The third-order valence-electron chi connectivity index (χ3n) is 7.44. The second kappa shape index (κ2) is 19.5. The number of hydrogen-bond acceptors (Lipinski definition) is 2. The molecule has 0 amide bonds. The van der Waals surface area contributed by atoms with Crippen LogP contribution in [0.15, 0.2) is 60.7 Å². The predicted octanol–water partition coefficient (Wildman–Crippen LogP) is 9.31. The average Bonchev–Trinajstić information content (AvgIpc) is 2.89. The van der Waals surface area contributed by atoms with Gasteiger partial charge in [0, 0.05) is 19.1 Å². The van der Waals surface area contributed by atoms with Crippen molar-refractivity contribution in [2.45, 2.75) is 135 Å². The summed E-state index contributed by atoms with van der Waals surface area (Å²) >= 11 is 0. The van der Waals surface area contributed by atoms with Crippen LogP contribution in [0.1, 0.15) is 121 Å². The molecule has 0 aliphatic rings. The van der Waals surface area contributed by atoms with Gasteiger partial charge in [-0.25, -0.2) is 0 Å². The van der Waals surface area contributed by atoms with Gasteiger partial charge in [-0.15, -0.1) is 0 Å². The van der Waals surface area contributed by atoms with E-state index in [1.165, 1.54) is 94.6 Å². The Hall–Kier alpha value is -1.64. The van der Waals surface area contributed by atoms with Gasteiger partial charge in [-0.2, -0.15) is 0 Å². The van der Waals surface area contributed by atoms with E-state index in [0.29, 0.717) is 0 Å². The molecule has 35 heavy (non-hydrogen) atoms. The van der Waals surface area contributed by atoms with Gasteiger partial charge in [-0.3, -0.25) is 4.90 Å². The fourth-order valence-corrected chi connectivity index (χ4v) is 5.01. The van der Waals surface area contributed by atoms with E-state index >= 15 is 0 Å². The molecule has 0 aromatic heterocycles. The van der Waals surface area contributed by atoms with Gasteiger partial charge >= 0.3 is 0 Å². The Kier molecular flexibility index (Phi) is 16.5. The Morgan fingerprint density at radius 3 is 1.34 bits per heavy atom. The summed E-state index contributed by atoms with van der Waals surface area (Å²) in [6.07, 6.45) is 19.8. The predicted molar refractivity (Wildman–Crippen MR) is 153 cm³/mol. The molecule has 0 unspecified atom stereocenters. The van der Waals surface area contributed by atoms with Crippen LogP contribution in [-0.2, 0) is 13.1 Å². The smallest absolute Gasteiger partial charge is 0.0693 e. The second-order valence-electron chi connectivity index (χ2n) is 10.6.